The molecule has 0 aliphatic carbocycles. The number of hydrogen-bond acceptors (Lipinski definition) is 4. The Balaban J connectivity index is 1.94. The number of carbonyl (C=O) groups excluding carboxylic acids is 2. The van der Waals surface area contributed by atoms with Crippen LogP contribution in [-0.2, 0) is 16.0 Å². The van der Waals surface area contributed by atoms with Gasteiger partial charge in [0.1, 0.15) is 6.04 Å². The summed E-state index contributed by atoms with van der Waals surface area (Å²) in [5, 5.41) is 6.47. The van der Waals surface area contributed by atoms with Crippen LogP contribution in [0.15, 0.2) is 71.8 Å². The average Bonchev–Trinajstić information content (AvgIpc) is 2.69. The number of benzene rings is 2. The fourth-order valence-electron chi connectivity index (χ4n) is 2.31. The number of alkyl carbamates (subject to hydrolysis) is 1. The van der Waals surface area contributed by atoms with Gasteiger partial charge in [0.2, 0.25) is 0 Å². The van der Waals surface area contributed by atoms with Gasteiger partial charge in [-0.2, -0.15) is 5.10 Å². The summed E-state index contributed by atoms with van der Waals surface area (Å²) < 4.78 is 4.87. The predicted molar refractivity (Wildman–Crippen MR) is 106 cm³/mol. The summed E-state index contributed by atoms with van der Waals surface area (Å²) in [5.41, 5.74) is 4.39. The molecule has 2 aromatic rings. The number of nitrogens with one attached hydrogen (secondary N) is 2. The van der Waals surface area contributed by atoms with Crippen LogP contribution in [0.4, 0.5) is 4.79 Å². The van der Waals surface area contributed by atoms with Gasteiger partial charge in [-0.15, -0.1) is 0 Å². The Hall–Kier alpha value is -3.41. The third-order valence-corrected chi connectivity index (χ3v) is 3.59. The average molecular weight is 365 g/mol. The first-order valence-electron chi connectivity index (χ1n) is 8.71. The van der Waals surface area contributed by atoms with Gasteiger partial charge in [0.05, 0.1) is 6.61 Å². The molecule has 0 aliphatic rings. The van der Waals surface area contributed by atoms with Crippen molar-refractivity contribution in [2.45, 2.75) is 19.4 Å². The zero-order valence-electron chi connectivity index (χ0n) is 15.2. The Morgan fingerprint density at radius 2 is 1.74 bits per heavy atom. The second-order valence-electron chi connectivity index (χ2n) is 5.63. The molecule has 0 saturated carbocycles. The molecule has 0 fully saturated rings. The second kappa shape index (κ2) is 11.3. The lowest BCUT2D eigenvalue weighted by molar-refractivity contribution is -0.123. The van der Waals surface area contributed by atoms with Crippen molar-refractivity contribution in [2.24, 2.45) is 5.10 Å². The smallest absolute Gasteiger partial charge is 0.407 e. The van der Waals surface area contributed by atoms with E-state index in [1.54, 1.807) is 13.0 Å². The van der Waals surface area contributed by atoms with Crippen LogP contribution in [0.2, 0.25) is 0 Å². The number of ether oxygens (including phenoxy) is 1. The summed E-state index contributed by atoms with van der Waals surface area (Å²) in [6, 6.07) is 18.4. The van der Waals surface area contributed by atoms with Gasteiger partial charge in [0.15, 0.2) is 0 Å². The van der Waals surface area contributed by atoms with Crippen LogP contribution in [-0.4, -0.2) is 30.9 Å². The Bertz CT molecular complexity index is 774. The predicted octanol–water partition coefficient (Wildman–Crippen LogP) is 3.16. The molecule has 140 valence electrons. The number of nitrogens with zero attached hydrogens (tertiary/aromatic N) is 1. The molecule has 2 aromatic carbocycles. The lowest BCUT2D eigenvalue weighted by Crippen LogP contribution is -2.47. The zero-order chi connectivity index (χ0) is 19.3. The Morgan fingerprint density at radius 3 is 2.41 bits per heavy atom. The van der Waals surface area contributed by atoms with E-state index in [0.717, 1.165) is 11.1 Å². The highest BCUT2D eigenvalue weighted by atomic mass is 16.5. The van der Waals surface area contributed by atoms with Gasteiger partial charge in [-0.3, -0.25) is 4.79 Å². The minimum atomic E-state index is -0.790. The van der Waals surface area contributed by atoms with Crippen LogP contribution in [0, 0.1) is 0 Å². The van der Waals surface area contributed by atoms with Crippen molar-refractivity contribution in [1.29, 1.82) is 0 Å². The normalized spacial score (nSPS) is 12.0. The molecule has 0 aromatic heterocycles. The van der Waals surface area contributed by atoms with E-state index in [1.807, 2.05) is 66.7 Å². The van der Waals surface area contributed by atoms with Crippen LogP contribution in [0.5, 0.6) is 0 Å². The highest BCUT2D eigenvalue weighted by Gasteiger charge is 2.21. The van der Waals surface area contributed by atoms with E-state index in [4.69, 9.17) is 4.74 Å². The minimum Gasteiger partial charge on any atom is -0.450 e. The number of hydrogen-bond donors (Lipinski definition) is 2. The summed E-state index contributed by atoms with van der Waals surface area (Å²) in [7, 11) is 0. The number of allylic oxidation sites excluding steroid dienone is 1. The molecule has 2 N–H and O–H groups in total. The van der Waals surface area contributed by atoms with Crippen molar-refractivity contribution in [3.8, 4) is 0 Å². The molecule has 2 amide bonds. The maximum Gasteiger partial charge on any atom is 0.407 e. The summed E-state index contributed by atoms with van der Waals surface area (Å²) in [4.78, 5) is 24.1. The van der Waals surface area contributed by atoms with Crippen LogP contribution in [0.3, 0.4) is 0 Å². The van der Waals surface area contributed by atoms with Crippen molar-refractivity contribution < 1.29 is 14.3 Å². The number of rotatable bonds is 8. The van der Waals surface area contributed by atoms with Gasteiger partial charge < -0.3 is 10.1 Å². The SMILES string of the molecule is CCOC(=O)N[C@@H](Cc1ccccc1)C(=O)N/N=C\C=C\c1ccccc1. The standard InChI is InChI=1S/C21H23N3O3/c1-2-27-21(26)23-19(16-18-12-7-4-8-13-18)20(25)24-22-15-9-14-17-10-5-3-6-11-17/h3-15,19H,2,16H2,1H3,(H,23,26)(H,24,25)/b14-9+,22-15-/t19-/m0/s1. The third-order valence-electron chi connectivity index (χ3n) is 3.59. The van der Waals surface area contributed by atoms with E-state index in [9.17, 15) is 9.59 Å². The minimum absolute atomic E-state index is 0.230. The van der Waals surface area contributed by atoms with E-state index in [1.165, 1.54) is 6.21 Å². The van der Waals surface area contributed by atoms with Crippen molar-refractivity contribution >= 4 is 24.3 Å². The molecular formula is C21H23N3O3. The van der Waals surface area contributed by atoms with Gasteiger partial charge in [-0.25, -0.2) is 10.2 Å². The maximum atomic E-state index is 12.4. The van der Waals surface area contributed by atoms with Gasteiger partial charge in [0, 0.05) is 12.6 Å². The molecule has 1 atom stereocenters. The fourth-order valence-corrected chi connectivity index (χ4v) is 2.31. The first-order valence-corrected chi connectivity index (χ1v) is 8.71. The molecular weight excluding hydrogens is 342 g/mol. The Labute approximate surface area is 158 Å². The highest BCUT2D eigenvalue weighted by Crippen LogP contribution is 2.04. The molecule has 0 unspecified atom stereocenters. The van der Waals surface area contributed by atoms with Crippen molar-refractivity contribution in [3.05, 3.63) is 77.9 Å². The van der Waals surface area contributed by atoms with E-state index in [-0.39, 0.29) is 6.61 Å². The largest absolute Gasteiger partial charge is 0.450 e. The summed E-state index contributed by atoms with van der Waals surface area (Å²) in [6.07, 6.45) is 4.77. The van der Waals surface area contributed by atoms with Crippen LogP contribution < -0.4 is 10.7 Å². The van der Waals surface area contributed by atoms with Crippen molar-refractivity contribution in [3.63, 3.8) is 0 Å². The van der Waals surface area contributed by atoms with E-state index in [0.29, 0.717) is 6.42 Å². The summed E-state index contributed by atoms with van der Waals surface area (Å²) in [5.74, 6) is -0.420. The van der Waals surface area contributed by atoms with Gasteiger partial charge in [-0.1, -0.05) is 66.7 Å². The molecule has 0 bridgehead atoms. The van der Waals surface area contributed by atoms with Gasteiger partial charge in [0.25, 0.3) is 5.91 Å². The third kappa shape index (κ3) is 7.56. The molecule has 0 radical (unpaired) electrons. The zero-order valence-corrected chi connectivity index (χ0v) is 15.2. The van der Waals surface area contributed by atoms with Crippen molar-refractivity contribution in [1.82, 2.24) is 10.7 Å². The fraction of sp³-hybridized carbons (Fsp3) is 0.190. The summed E-state index contributed by atoms with van der Waals surface area (Å²) >= 11 is 0. The summed E-state index contributed by atoms with van der Waals surface area (Å²) in [6.45, 7) is 1.93. The Morgan fingerprint density at radius 1 is 1.07 bits per heavy atom. The number of hydrazone groups is 1. The van der Waals surface area contributed by atoms with Crippen LogP contribution in [0.1, 0.15) is 18.1 Å². The lowest BCUT2D eigenvalue weighted by atomic mass is 10.1. The van der Waals surface area contributed by atoms with Crippen molar-refractivity contribution in [2.75, 3.05) is 6.61 Å². The van der Waals surface area contributed by atoms with E-state index < -0.39 is 18.0 Å². The quantitative estimate of drug-likeness (QED) is 0.557. The molecule has 6 heteroatoms. The first-order chi connectivity index (χ1) is 13.2. The van der Waals surface area contributed by atoms with E-state index >= 15 is 0 Å². The maximum absolute atomic E-state index is 12.4. The van der Waals surface area contributed by atoms with Crippen LogP contribution >= 0.6 is 0 Å². The molecule has 0 spiro atoms. The van der Waals surface area contributed by atoms with Gasteiger partial charge >= 0.3 is 6.09 Å². The molecule has 2 rings (SSSR count). The van der Waals surface area contributed by atoms with Crippen LogP contribution in [0.25, 0.3) is 6.08 Å². The highest BCUT2D eigenvalue weighted by molar-refractivity contribution is 5.87. The molecule has 0 aliphatic heterocycles. The topological polar surface area (TPSA) is 79.8 Å². The first kappa shape index (κ1) is 19.9. The number of carbonyl (C=O) groups is 2. The lowest BCUT2D eigenvalue weighted by Gasteiger charge is -2.16. The molecule has 27 heavy (non-hydrogen) atoms. The molecule has 0 heterocycles. The monoisotopic (exact) mass is 365 g/mol. The number of amides is 2. The van der Waals surface area contributed by atoms with Gasteiger partial charge in [-0.05, 0) is 24.1 Å². The Kier molecular flexibility index (Phi) is 8.30. The van der Waals surface area contributed by atoms with E-state index in [2.05, 4.69) is 15.8 Å². The molecule has 0 saturated heterocycles. The molecule has 6 nitrogen and oxygen atoms in total. The second-order valence-corrected chi connectivity index (χ2v) is 5.63.